The zero-order chi connectivity index (χ0) is 13.5. The Morgan fingerprint density at radius 3 is 2.39 bits per heavy atom. The van der Waals surface area contributed by atoms with E-state index in [-0.39, 0.29) is 0 Å². The predicted molar refractivity (Wildman–Crippen MR) is 78.3 cm³/mol. The Hall–Kier alpha value is -1.62. The molecular weight excluding hydrogens is 222 g/mol. The third-order valence-corrected chi connectivity index (χ3v) is 2.79. The zero-order valence-corrected chi connectivity index (χ0v) is 12.1. The highest BCUT2D eigenvalue weighted by Crippen LogP contribution is 2.28. The average Bonchev–Trinajstić information content (AvgIpc) is 2.38. The quantitative estimate of drug-likeness (QED) is 0.752. The number of hydrogen-bond acceptors (Lipinski definition) is 2. The molecule has 0 heterocycles. The van der Waals surface area contributed by atoms with Crippen LogP contribution in [0.5, 0.6) is 5.75 Å². The Labute approximate surface area is 111 Å². The Bertz CT molecular complexity index is 436. The Balaban J connectivity index is 3.14. The van der Waals surface area contributed by atoms with E-state index in [9.17, 15) is 0 Å². The molecular formula is C16H23NO. The van der Waals surface area contributed by atoms with Crippen LogP contribution in [-0.2, 0) is 0 Å². The lowest BCUT2D eigenvalue weighted by Crippen LogP contribution is -2.22. The van der Waals surface area contributed by atoms with Gasteiger partial charge in [-0.2, -0.15) is 0 Å². The number of nitrogens with zero attached hydrogens (tertiary/aromatic N) is 1. The van der Waals surface area contributed by atoms with E-state index in [1.165, 1.54) is 0 Å². The monoisotopic (exact) mass is 245 g/mol. The minimum atomic E-state index is 0.393. The maximum absolute atomic E-state index is 5.42. The second-order valence-electron chi connectivity index (χ2n) is 4.48. The number of anilines is 1. The molecule has 18 heavy (non-hydrogen) atoms. The van der Waals surface area contributed by atoms with Crippen LogP contribution < -0.4 is 9.64 Å². The van der Waals surface area contributed by atoms with Crippen LogP contribution >= 0.6 is 0 Å². The Kier molecular flexibility index (Phi) is 5.58. The highest BCUT2D eigenvalue weighted by atomic mass is 16.5. The van der Waals surface area contributed by atoms with Crippen molar-refractivity contribution in [3.05, 3.63) is 23.8 Å². The first-order chi connectivity index (χ1) is 8.62. The van der Waals surface area contributed by atoms with Gasteiger partial charge in [-0.05, 0) is 32.0 Å². The molecule has 0 bridgehead atoms. The van der Waals surface area contributed by atoms with Crippen LogP contribution in [0.25, 0.3) is 0 Å². The molecule has 0 saturated heterocycles. The number of methoxy groups -OCH3 is 1. The first-order valence-corrected chi connectivity index (χ1v) is 6.56. The van der Waals surface area contributed by atoms with Gasteiger partial charge in [-0.25, -0.2) is 0 Å². The fraction of sp³-hybridized carbons (Fsp3) is 0.500. The predicted octanol–water partition coefficient (Wildman–Crippen LogP) is 3.55. The lowest BCUT2D eigenvalue weighted by molar-refractivity contribution is 0.414. The molecule has 0 spiro atoms. The third-order valence-electron chi connectivity index (χ3n) is 2.79. The average molecular weight is 245 g/mol. The first-order valence-electron chi connectivity index (χ1n) is 6.56. The maximum Gasteiger partial charge on any atom is 0.142 e. The third kappa shape index (κ3) is 3.70. The number of benzene rings is 1. The van der Waals surface area contributed by atoms with Gasteiger partial charge in [0.05, 0.1) is 12.8 Å². The molecule has 0 N–H and O–H groups in total. The summed E-state index contributed by atoms with van der Waals surface area (Å²) in [5.74, 6) is 7.70. The normalized spacial score (nSPS) is 9.89. The van der Waals surface area contributed by atoms with Gasteiger partial charge < -0.3 is 9.64 Å². The number of rotatable bonds is 4. The van der Waals surface area contributed by atoms with Gasteiger partial charge >= 0.3 is 0 Å². The molecule has 0 amide bonds. The molecule has 0 saturated carbocycles. The van der Waals surface area contributed by atoms with Crippen molar-refractivity contribution >= 4 is 5.69 Å². The van der Waals surface area contributed by atoms with Crippen LogP contribution in [0.2, 0.25) is 0 Å². The lowest BCUT2D eigenvalue weighted by Gasteiger charge is -2.23. The van der Waals surface area contributed by atoms with Crippen molar-refractivity contribution in [2.45, 2.75) is 27.7 Å². The van der Waals surface area contributed by atoms with E-state index in [1.54, 1.807) is 7.11 Å². The minimum absolute atomic E-state index is 0.393. The Morgan fingerprint density at radius 2 is 1.89 bits per heavy atom. The molecule has 98 valence electrons. The first kappa shape index (κ1) is 14.4. The van der Waals surface area contributed by atoms with E-state index < -0.39 is 0 Å². The fourth-order valence-electron chi connectivity index (χ4n) is 1.81. The Morgan fingerprint density at radius 1 is 1.22 bits per heavy atom. The van der Waals surface area contributed by atoms with Crippen molar-refractivity contribution in [3.8, 4) is 17.6 Å². The lowest BCUT2D eigenvalue weighted by atomic mass is 10.1. The van der Waals surface area contributed by atoms with Crippen LogP contribution in [0.15, 0.2) is 18.2 Å². The topological polar surface area (TPSA) is 12.5 Å². The molecule has 0 atom stereocenters. The molecule has 0 aliphatic heterocycles. The summed E-state index contributed by atoms with van der Waals surface area (Å²) < 4.78 is 5.42. The minimum Gasteiger partial charge on any atom is -0.495 e. The highest BCUT2D eigenvalue weighted by molar-refractivity contribution is 5.62. The van der Waals surface area contributed by atoms with Crippen molar-refractivity contribution in [1.29, 1.82) is 0 Å². The van der Waals surface area contributed by atoms with Crippen molar-refractivity contribution in [2.75, 3.05) is 25.1 Å². The summed E-state index contributed by atoms with van der Waals surface area (Å²) in [6.07, 6.45) is 0. The van der Waals surface area contributed by atoms with Gasteiger partial charge in [0, 0.05) is 24.6 Å². The summed E-state index contributed by atoms with van der Waals surface area (Å²) in [7, 11) is 1.71. The van der Waals surface area contributed by atoms with E-state index in [0.29, 0.717) is 5.92 Å². The SMILES string of the molecule is CCN(CC)c1cc(C#CC(C)C)ccc1OC. The second kappa shape index (κ2) is 6.96. The van der Waals surface area contributed by atoms with Crippen LogP contribution in [0, 0.1) is 17.8 Å². The summed E-state index contributed by atoms with van der Waals surface area (Å²) in [4.78, 5) is 2.28. The second-order valence-corrected chi connectivity index (χ2v) is 4.48. The number of ether oxygens (including phenoxy) is 1. The molecule has 1 aromatic carbocycles. The van der Waals surface area contributed by atoms with Gasteiger partial charge in [0.1, 0.15) is 5.75 Å². The smallest absolute Gasteiger partial charge is 0.142 e. The van der Waals surface area contributed by atoms with E-state index in [1.807, 2.05) is 12.1 Å². The van der Waals surface area contributed by atoms with E-state index in [4.69, 9.17) is 4.74 Å². The van der Waals surface area contributed by atoms with E-state index >= 15 is 0 Å². The largest absolute Gasteiger partial charge is 0.495 e. The molecule has 1 rings (SSSR count). The molecule has 1 aromatic rings. The van der Waals surface area contributed by atoms with E-state index in [2.05, 4.69) is 50.5 Å². The summed E-state index contributed by atoms with van der Waals surface area (Å²) >= 11 is 0. The molecule has 0 aromatic heterocycles. The van der Waals surface area contributed by atoms with Crippen molar-refractivity contribution < 1.29 is 4.74 Å². The standard InChI is InChI=1S/C16H23NO/c1-6-17(7-2)15-12-14(9-8-13(3)4)10-11-16(15)18-5/h10-13H,6-7H2,1-5H3. The van der Waals surface area contributed by atoms with Crippen LogP contribution in [0.1, 0.15) is 33.3 Å². The molecule has 2 nitrogen and oxygen atoms in total. The van der Waals surface area contributed by atoms with Gasteiger partial charge in [-0.3, -0.25) is 0 Å². The van der Waals surface area contributed by atoms with Crippen molar-refractivity contribution in [1.82, 2.24) is 0 Å². The van der Waals surface area contributed by atoms with Gasteiger partial charge in [-0.15, -0.1) is 0 Å². The summed E-state index contributed by atoms with van der Waals surface area (Å²) in [6, 6.07) is 6.13. The van der Waals surface area contributed by atoms with Gasteiger partial charge in [-0.1, -0.05) is 25.7 Å². The summed E-state index contributed by atoms with van der Waals surface area (Å²) in [6.45, 7) is 10.4. The molecule has 0 aliphatic carbocycles. The number of hydrogen-bond donors (Lipinski definition) is 0. The molecule has 0 unspecified atom stereocenters. The molecule has 0 aliphatic rings. The highest BCUT2D eigenvalue weighted by Gasteiger charge is 2.09. The molecule has 0 radical (unpaired) electrons. The van der Waals surface area contributed by atoms with Crippen LogP contribution in [0.4, 0.5) is 5.69 Å². The van der Waals surface area contributed by atoms with E-state index in [0.717, 1.165) is 30.1 Å². The maximum atomic E-state index is 5.42. The molecule has 0 fully saturated rings. The van der Waals surface area contributed by atoms with Crippen molar-refractivity contribution in [2.24, 2.45) is 5.92 Å². The fourth-order valence-corrected chi connectivity index (χ4v) is 1.81. The molecule has 2 heteroatoms. The zero-order valence-electron chi connectivity index (χ0n) is 12.1. The van der Waals surface area contributed by atoms with Gasteiger partial charge in [0.15, 0.2) is 0 Å². The van der Waals surface area contributed by atoms with Crippen molar-refractivity contribution in [3.63, 3.8) is 0 Å². The van der Waals surface area contributed by atoms with Crippen LogP contribution in [0.3, 0.4) is 0 Å². The summed E-state index contributed by atoms with van der Waals surface area (Å²) in [5.41, 5.74) is 2.17. The van der Waals surface area contributed by atoms with Gasteiger partial charge in [0.2, 0.25) is 0 Å². The van der Waals surface area contributed by atoms with Gasteiger partial charge in [0.25, 0.3) is 0 Å². The van der Waals surface area contributed by atoms with Crippen LogP contribution in [-0.4, -0.2) is 20.2 Å². The summed E-state index contributed by atoms with van der Waals surface area (Å²) in [5, 5.41) is 0.